The summed E-state index contributed by atoms with van der Waals surface area (Å²) in [7, 11) is 0. The normalized spacial score (nSPS) is 19.9. The Kier molecular flexibility index (Phi) is 3.30. The van der Waals surface area contributed by atoms with Gasteiger partial charge < -0.3 is 11.1 Å². The summed E-state index contributed by atoms with van der Waals surface area (Å²) in [5.41, 5.74) is 5.82. The van der Waals surface area contributed by atoms with E-state index in [1.165, 1.54) is 4.88 Å². The van der Waals surface area contributed by atoms with Crippen molar-refractivity contribution in [3.63, 3.8) is 0 Å². The Bertz CT molecular complexity index is 357. The van der Waals surface area contributed by atoms with Crippen molar-refractivity contribution in [3.8, 4) is 0 Å². The number of amides is 1. The minimum absolute atomic E-state index is 0.0723. The van der Waals surface area contributed by atoms with Gasteiger partial charge in [-0.25, -0.2) is 0 Å². The van der Waals surface area contributed by atoms with E-state index in [2.05, 4.69) is 5.32 Å². The van der Waals surface area contributed by atoms with E-state index in [9.17, 15) is 4.79 Å². The van der Waals surface area contributed by atoms with Gasteiger partial charge in [-0.1, -0.05) is 6.07 Å². The minimum atomic E-state index is -0.223. The van der Waals surface area contributed by atoms with Gasteiger partial charge in [-0.05, 0) is 37.6 Å². The number of hydrogen-bond donors (Lipinski definition) is 2. The van der Waals surface area contributed by atoms with Crippen LogP contribution in [0, 0.1) is 0 Å². The molecule has 0 saturated heterocycles. The van der Waals surface area contributed by atoms with E-state index in [-0.39, 0.29) is 17.5 Å². The van der Waals surface area contributed by atoms with Crippen LogP contribution < -0.4 is 11.1 Å². The molecule has 1 aromatic heterocycles. The van der Waals surface area contributed by atoms with Crippen molar-refractivity contribution < 1.29 is 4.79 Å². The third kappa shape index (κ3) is 2.62. The third-order valence-electron chi connectivity index (χ3n) is 3.21. The fraction of sp³-hybridized carbons (Fsp3) is 0.583. The van der Waals surface area contributed by atoms with Crippen LogP contribution in [0.5, 0.6) is 0 Å². The molecule has 4 heteroatoms. The van der Waals surface area contributed by atoms with Gasteiger partial charge in [0.25, 0.3) is 0 Å². The smallest absolute Gasteiger partial charge is 0.222 e. The molecule has 0 aliphatic heterocycles. The van der Waals surface area contributed by atoms with Gasteiger partial charge in [0, 0.05) is 16.8 Å². The summed E-state index contributed by atoms with van der Waals surface area (Å²) >= 11 is 1.66. The molecular weight excluding hydrogens is 220 g/mol. The van der Waals surface area contributed by atoms with Crippen LogP contribution in [-0.4, -0.2) is 11.4 Å². The Balaban J connectivity index is 1.83. The van der Waals surface area contributed by atoms with Crippen LogP contribution >= 0.6 is 11.3 Å². The Labute approximate surface area is 100 Å². The van der Waals surface area contributed by atoms with Crippen molar-refractivity contribution in [2.45, 2.75) is 44.2 Å². The van der Waals surface area contributed by atoms with E-state index in [1.807, 2.05) is 24.4 Å². The first-order chi connectivity index (χ1) is 7.59. The molecule has 1 heterocycles. The predicted octanol–water partition coefficient (Wildman–Crippen LogP) is 2.20. The van der Waals surface area contributed by atoms with Gasteiger partial charge in [-0.3, -0.25) is 4.79 Å². The van der Waals surface area contributed by atoms with Crippen LogP contribution in [0.4, 0.5) is 0 Å². The van der Waals surface area contributed by atoms with Crippen molar-refractivity contribution in [2.24, 2.45) is 5.73 Å². The lowest BCUT2D eigenvalue weighted by molar-refractivity contribution is -0.123. The number of nitrogens with two attached hydrogens (primary N) is 1. The Hall–Kier alpha value is -0.870. The van der Waals surface area contributed by atoms with Crippen molar-refractivity contribution >= 4 is 17.2 Å². The summed E-state index contributed by atoms with van der Waals surface area (Å²) in [4.78, 5) is 13.0. The van der Waals surface area contributed by atoms with Crippen LogP contribution in [0.15, 0.2) is 17.5 Å². The number of rotatable bonds is 4. The molecule has 1 amide bonds. The Morgan fingerprint density at radius 1 is 1.69 bits per heavy atom. The minimum Gasteiger partial charge on any atom is -0.349 e. The standard InChI is InChI=1S/C12H18N2OS/c1-9(10-4-2-7-16-10)14-11(15)8-12(13)5-3-6-12/h2,4,7,9H,3,5-6,8,13H2,1H3,(H,14,15)/t9-/m0/s1. The molecule has 0 bridgehead atoms. The van der Waals surface area contributed by atoms with E-state index < -0.39 is 0 Å². The average molecular weight is 238 g/mol. The van der Waals surface area contributed by atoms with E-state index in [1.54, 1.807) is 11.3 Å². The van der Waals surface area contributed by atoms with Crippen LogP contribution in [0.3, 0.4) is 0 Å². The Morgan fingerprint density at radius 3 is 2.94 bits per heavy atom. The van der Waals surface area contributed by atoms with Crippen LogP contribution in [-0.2, 0) is 4.79 Å². The predicted molar refractivity (Wildman–Crippen MR) is 66.3 cm³/mol. The first kappa shape index (κ1) is 11.6. The molecule has 2 rings (SSSR count). The highest BCUT2D eigenvalue weighted by molar-refractivity contribution is 7.10. The molecule has 1 fully saturated rings. The topological polar surface area (TPSA) is 55.1 Å². The molecule has 1 atom stereocenters. The van der Waals surface area contributed by atoms with Gasteiger partial charge in [0.1, 0.15) is 0 Å². The van der Waals surface area contributed by atoms with Gasteiger partial charge in [0.05, 0.1) is 6.04 Å². The number of hydrogen-bond acceptors (Lipinski definition) is 3. The highest BCUT2D eigenvalue weighted by atomic mass is 32.1. The average Bonchev–Trinajstić information content (AvgIpc) is 2.67. The Morgan fingerprint density at radius 2 is 2.44 bits per heavy atom. The molecule has 0 radical (unpaired) electrons. The molecule has 0 aromatic carbocycles. The summed E-state index contributed by atoms with van der Waals surface area (Å²) in [6.07, 6.45) is 3.58. The van der Waals surface area contributed by atoms with Gasteiger partial charge in [-0.15, -0.1) is 11.3 Å². The molecule has 0 spiro atoms. The third-order valence-corrected chi connectivity index (χ3v) is 4.26. The monoisotopic (exact) mass is 238 g/mol. The first-order valence-electron chi connectivity index (χ1n) is 5.71. The van der Waals surface area contributed by atoms with Crippen molar-refractivity contribution in [1.29, 1.82) is 0 Å². The number of carbonyl (C=O) groups is 1. The quantitative estimate of drug-likeness (QED) is 0.845. The maximum absolute atomic E-state index is 11.8. The molecule has 3 nitrogen and oxygen atoms in total. The largest absolute Gasteiger partial charge is 0.349 e. The maximum atomic E-state index is 11.8. The van der Waals surface area contributed by atoms with Crippen LogP contribution in [0.2, 0.25) is 0 Å². The van der Waals surface area contributed by atoms with Crippen LogP contribution in [0.1, 0.15) is 43.5 Å². The van der Waals surface area contributed by atoms with E-state index in [4.69, 9.17) is 5.73 Å². The van der Waals surface area contributed by atoms with Gasteiger partial charge in [-0.2, -0.15) is 0 Å². The molecule has 1 saturated carbocycles. The second-order valence-electron chi connectivity index (χ2n) is 4.70. The first-order valence-corrected chi connectivity index (χ1v) is 6.59. The zero-order chi connectivity index (χ0) is 11.6. The molecule has 88 valence electrons. The highest BCUT2D eigenvalue weighted by Crippen LogP contribution is 2.32. The second kappa shape index (κ2) is 4.55. The zero-order valence-corrected chi connectivity index (χ0v) is 10.3. The maximum Gasteiger partial charge on any atom is 0.222 e. The lowest BCUT2D eigenvalue weighted by Crippen LogP contribution is -2.50. The van der Waals surface area contributed by atoms with Gasteiger partial charge in [0.15, 0.2) is 0 Å². The lowest BCUT2D eigenvalue weighted by Gasteiger charge is -2.37. The lowest BCUT2D eigenvalue weighted by atomic mass is 9.75. The highest BCUT2D eigenvalue weighted by Gasteiger charge is 2.34. The number of carbonyl (C=O) groups excluding carboxylic acids is 1. The molecule has 16 heavy (non-hydrogen) atoms. The molecule has 1 aliphatic carbocycles. The van der Waals surface area contributed by atoms with E-state index >= 15 is 0 Å². The summed E-state index contributed by atoms with van der Waals surface area (Å²) in [5.74, 6) is 0.0723. The molecule has 3 N–H and O–H groups in total. The van der Waals surface area contributed by atoms with Gasteiger partial charge >= 0.3 is 0 Å². The van der Waals surface area contributed by atoms with Crippen molar-refractivity contribution in [3.05, 3.63) is 22.4 Å². The van der Waals surface area contributed by atoms with Crippen molar-refractivity contribution in [1.82, 2.24) is 5.32 Å². The number of thiophene rings is 1. The fourth-order valence-corrected chi connectivity index (χ4v) is 2.76. The SMILES string of the molecule is C[C@H](NC(=O)CC1(N)CCC1)c1cccs1. The summed E-state index contributed by atoms with van der Waals surface area (Å²) < 4.78 is 0. The van der Waals surface area contributed by atoms with Crippen molar-refractivity contribution in [2.75, 3.05) is 0 Å². The molecule has 1 aliphatic rings. The summed E-state index contributed by atoms with van der Waals surface area (Å²) in [6, 6.07) is 4.13. The van der Waals surface area contributed by atoms with Crippen LogP contribution in [0.25, 0.3) is 0 Å². The van der Waals surface area contributed by atoms with E-state index in [0.717, 1.165) is 19.3 Å². The summed E-state index contributed by atoms with van der Waals surface area (Å²) in [6.45, 7) is 2.01. The molecular formula is C12H18N2OS. The fourth-order valence-electron chi connectivity index (χ4n) is 2.03. The van der Waals surface area contributed by atoms with E-state index in [0.29, 0.717) is 6.42 Å². The zero-order valence-electron chi connectivity index (χ0n) is 9.53. The second-order valence-corrected chi connectivity index (χ2v) is 5.68. The summed E-state index contributed by atoms with van der Waals surface area (Å²) in [5, 5.41) is 5.02. The van der Waals surface area contributed by atoms with Gasteiger partial charge in [0.2, 0.25) is 5.91 Å². The molecule has 0 unspecified atom stereocenters. The number of nitrogens with one attached hydrogen (secondary N) is 1. The molecule has 1 aromatic rings.